The predicted molar refractivity (Wildman–Crippen MR) is 68.0 cm³/mol. The number of anilines is 1. The van der Waals surface area contributed by atoms with Gasteiger partial charge in [-0.05, 0) is 30.4 Å². The Hall–Kier alpha value is -1.33. The number of ether oxygens (including phenoxy) is 1. The van der Waals surface area contributed by atoms with E-state index in [1.165, 1.54) is 14.0 Å². The van der Waals surface area contributed by atoms with Crippen LogP contribution in [0.5, 0.6) is 5.75 Å². The maximum atomic E-state index is 10.8. The first-order valence-electron chi connectivity index (χ1n) is 4.45. The molecule has 1 aromatic rings. The monoisotopic (exact) mass is 258 g/mol. The summed E-state index contributed by atoms with van der Waals surface area (Å²) in [4.78, 5) is 10.8. The zero-order valence-electron chi connectivity index (χ0n) is 8.83. The van der Waals surface area contributed by atoms with Crippen LogP contribution in [0.2, 0.25) is 5.02 Å². The van der Waals surface area contributed by atoms with Crippen molar-refractivity contribution in [3.05, 3.63) is 23.2 Å². The highest BCUT2D eigenvalue weighted by Gasteiger charge is 2.06. The molecule has 0 unspecified atom stereocenters. The fourth-order valence-electron chi connectivity index (χ4n) is 1.09. The largest absolute Gasteiger partial charge is 0.495 e. The van der Waals surface area contributed by atoms with Gasteiger partial charge in [0.05, 0.1) is 12.8 Å². The molecule has 16 heavy (non-hydrogen) atoms. The Morgan fingerprint density at radius 2 is 2.19 bits per heavy atom. The highest BCUT2D eigenvalue weighted by Crippen LogP contribution is 2.27. The Labute approximate surface area is 104 Å². The van der Waals surface area contributed by atoms with Crippen molar-refractivity contribution in [1.82, 2.24) is 5.32 Å². The average Bonchev–Trinajstić information content (AvgIpc) is 2.16. The number of nitrogens with one attached hydrogen (secondary N) is 2. The predicted octanol–water partition coefficient (Wildman–Crippen LogP) is 2.18. The quantitative estimate of drug-likeness (QED) is 0.799. The molecule has 1 amide bonds. The van der Waals surface area contributed by atoms with Crippen LogP contribution in [0.1, 0.15) is 6.92 Å². The molecule has 0 spiro atoms. The smallest absolute Gasteiger partial charge is 0.222 e. The van der Waals surface area contributed by atoms with Crippen molar-refractivity contribution < 1.29 is 9.53 Å². The van der Waals surface area contributed by atoms with Crippen LogP contribution in [0.3, 0.4) is 0 Å². The minimum atomic E-state index is -0.238. The van der Waals surface area contributed by atoms with Gasteiger partial charge in [0.25, 0.3) is 0 Å². The Balaban J connectivity index is 2.83. The molecule has 0 bridgehead atoms. The number of benzene rings is 1. The average molecular weight is 259 g/mol. The minimum absolute atomic E-state index is 0.202. The van der Waals surface area contributed by atoms with Gasteiger partial charge in [-0.1, -0.05) is 11.6 Å². The number of hydrogen-bond donors (Lipinski definition) is 2. The number of hydrogen-bond acceptors (Lipinski definition) is 3. The molecular weight excluding hydrogens is 248 g/mol. The van der Waals surface area contributed by atoms with Crippen LogP contribution in [0.4, 0.5) is 5.69 Å². The van der Waals surface area contributed by atoms with E-state index in [2.05, 4.69) is 10.6 Å². The SMILES string of the molecule is COc1ccc(Cl)cc1NC(=S)NC(C)=O. The van der Waals surface area contributed by atoms with Gasteiger partial charge < -0.3 is 15.4 Å². The van der Waals surface area contributed by atoms with Crippen LogP contribution >= 0.6 is 23.8 Å². The summed E-state index contributed by atoms with van der Waals surface area (Å²) in [6.07, 6.45) is 0. The van der Waals surface area contributed by atoms with Gasteiger partial charge in [-0.15, -0.1) is 0 Å². The Kier molecular flexibility index (Phi) is 4.52. The lowest BCUT2D eigenvalue weighted by Gasteiger charge is -2.12. The first-order valence-corrected chi connectivity index (χ1v) is 5.23. The second-order valence-electron chi connectivity index (χ2n) is 2.98. The first-order chi connectivity index (χ1) is 7.52. The lowest BCUT2D eigenvalue weighted by molar-refractivity contribution is -0.117. The van der Waals surface area contributed by atoms with E-state index >= 15 is 0 Å². The van der Waals surface area contributed by atoms with Crippen LogP contribution in [0.25, 0.3) is 0 Å². The second-order valence-corrected chi connectivity index (χ2v) is 3.82. The molecule has 0 aromatic heterocycles. The Morgan fingerprint density at radius 1 is 1.50 bits per heavy atom. The van der Waals surface area contributed by atoms with Crippen molar-refractivity contribution in [2.75, 3.05) is 12.4 Å². The number of carbonyl (C=O) groups excluding carboxylic acids is 1. The van der Waals surface area contributed by atoms with Crippen molar-refractivity contribution in [2.24, 2.45) is 0 Å². The van der Waals surface area contributed by atoms with Crippen LogP contribution in [-0.2, 0) is 4.79 Å². The van der Waals surface area contributed by atoms with Gasteiger partial charge in [-0.2, -0.15) is 0 Å². The molecule has 0 aliphatic rings. The molecule has 0 heterocycles. The van der Waals surface area contributed by atoms with Gasteiger partial charge in [0, 0.05) is 11.9 Å². The van der Waals surface area contributed by atoms with E-state index in [0.29, 0.717) is 16.5 Å². The summed E-state index contributed by atoms with van der Waals surface area (Å²) in [6.45, 7) is 1.38. The second kappa shape index (κ2) is 5.67. The standard InChI is InChI=1S/C10H11ClN2O2S/c1-6(14)12-10(16)13-8-5-7(11)3-4-9(8)15-2/h3-5H,1-2H3,(H2,12,13,14,16). The molecule has 0 aliphatic carbocycles. The van der Waals surface area contributed by atoms with Crippen molar-refractivity contribution in [2.45, 2.75) is 6.92 Å². The molecule has 4 nitrogen and oxygen atoms in total. The number of halogens is 1. The van der Waals surface area contributed by atoms with Gasteiger partial charge in [-0.25, -0.2) is 0 Å². The highest BCUT2D eigenvalue weighted by molar-refractivity contribution is 7.80. The molecule has 0 saturated carbocycles. The fourth-order valence-corrected chi connectivity index (χ4v) is 1.52. The number of amides is 1. The number of rotatable bonds is 2. The highest BCUT2D eigenvalue weighted by atomic mass is 35.5. The molecule has 0 radical (unpaired) electrons. The topological polar surface area (TPSA) is 50.4 Å². The molecule has 1 rings (SSSR count). The van der Waals surface area contributed by atoms with E-state index in [-0.39, 0.29) is 11.0 Å². The summed E-state index contributed by atoms with van der Waals surface area (Å²) in [5.74, 6) is 0.357. The summed E-state index contributed by atoms with van der Waals surface area (Å²) in [5, 5.41) is 6.02. The Morgan fingerprint density at radius 3 is 2.75 bits per heavy atom. The van der Waals surface area contributed by atoms with E-state index < -0.39 is 0 Å². The van der Waals surface area contributed by atoms with Crippen molar-refractivity contribution in [3.63, 3.8) is 0 Å². The third-order valence-electron chi connectivity index (χ3n) is 1.70. The van der Waals surface area contributed by atoms with E-state index in [4.69, 9.17) is 28.6 Å². The Bertz CT molecular complexity index is 423. The molecule has 86 valence electrons. The molecular formula is C10H11ClN2O2S. The van der Waals surface area contributed by atoms with Crippen molar-refractivity contribution in [1.29, 1.82) is 0 Å². The third-order valence-corrected chi connectivity index (χ3v) is 2.14. The molecule has 0 atom stereocenters. The van der Waals surface area contributed by atoms with Gasteiger partial charge in [0.2, 0.25) is 5.91 Å². The zero-order valence-corrected chi connectivity index (χ0v) is 10.4. The van der Waals surface area contributed by atoms with Crippen LogP contribution < -0.4 is 15.4 Å². The first kappa shape index (κ1) is 12.7. The summed E-state index contributed by atoms with van der Waals surface area (Å²) in [6, 6.07) is 5.07. The fraction of sp³-hybridized carbons (Fsp3) is 0.200. The summed E-state index contributed by atoms with van der Waals surface area (Å²) >= 11 is 10.8. The van der Waals surface area contributed by atoms with Gasteiger partial charge in [0.1, 0.15) is 5.75 Å². The number of carbonyl (C=O) groups is 1. The summed E-state index contributed by atoms with van der Waals surface area (Å²) in [7, 11) is 1.54. The molecule has 0 fully saturated rings. The molecule has 1 aromatic carbocycles. The molecule has 2 N–H and O–H groups in total. The molecule has 6 heteroatoms. The number of methoxy groups -OCH3 is 1. The maximum absolute atomic E-state index is 10.8. The third kappa shape index (κ3) is 3.67. The van der Waals surface area contributed by atoms with E-state index in [1.807, 2.05) is 0 Å². The summed E-state index contributed by atoms with van der Waals surface area (Å²) < 4.78 is 5.11. The van der Waals surface area contributed by atoms with E-state index in [0.717, 1.165) is 0 Å². The van der Waals surface area contributed by atoms with E-state index in [9.17, 15) is 4.79 Å². The number of thiocarbonyl (C=S) groups is 1. The van der Waals surface area contributed by atoms with Crippen LogP contribution in [-0.4, -0.2) is 18.1 Å². The summed E-state index contributed by atoms with van der Waals surface area (Å²) in [5.41, 5.74) is 0.605. The lowest BCUT2D eigenvalue weighted by atomic mass is 10.3. The molecule has 0 saturated heterocycles. The zero-order chi connectivity index (χ0) is 12.1. The van der Waals surface area contributed by atoms with E-state index in [1.54, 1.807) is 18.2 Å². The van der Waals surface area contributed by atoms with Crippen LogP contribution in [0.15, 0.2) is 18.2 Å². The van der Waals surface area contributed by atoms with Gasteiger partial charge >= 0.3 is 0 Å². The van der Waals surface area contributed by atoms with Gasteiger partial charge in [0.15, 0.2) is 5.11 Å². The van der Waals surface area contributed by atoms with Crippen molar-refractivity contribution >= 4 is 40.5 Å². The van der Waals surface area contributed by atoms with Gasteiger partial charge in [-0.3, -0.25) is 4.79 Å². The molecule has 0 aliphatic heterocycles. The minimum Gasteiger partial charge on any atom is -0.495 e. The lowest BCUT2D eigenvalue weighted by Crippen LogP contribution is -2.32. The normalized spacial score (nSPS) is 9.44. The van der Waals surface area contributed by atoms with Crippen LogP contribution in [0, 0.1) is 0 Å². The maximum Gasteiger partial charge on any atom is 0.222 e. The van der Waals surface area contributed by atoms with Crippen molar-refractivity contribution in [3.8, 4) is 5.75 Å².